The topological polar surface area (TPSA) is 81.4 Å². The third-order valence-electron chi connectivity index (χ3n) is 6.18. The number of aromatic nitrogens is 2. The fourth-order valence-corrected chi connectivity index (χ4v) is 4.54. The van der Waals surface area contributed by atoms with E-state index < -0.39 is 5.97 Å². The predicted molar refractivity (Wildman–Crippen MR) is 128 cm³/mol. The van der Waals surface area contributed by atoms with Gasteiger partial charge in [0.05, 0.1) is 12.3 Å². The average Bonchev–Trinajstić information content (AvgIpc) is 2.82. The van der Waals surface area contributed by atoms with Crippen LogP contribution in [-0.4, -0.2) is 34.1 Å². The molecule has 1 heterocycles. The Hall–Kier alpha value is -2.96. The molecule has 172 valence electrons. The molecule has 2 aromatic carbocycles. The summed E-state index contributed by atoms with van der Waals surface area (Å²) in [5.41, 5.74) is 3.30. The van der Waals surface area contributed by atoms with Crippen LogP contribution in [0.2, 0.25) is 5.02 Å². The lowest BCUT2D eigenvalue weighted by Gasteiger charge is -2.28. The van der Waals surface area contributed by atoms with E-state index in [-0.39, 0.29) is 12.2 Å². The van der Waals surface area contributed by atoms with E-state index in [1.54, 1.807) is 10.7 Å². The number of rotatable bonds is 8. The van der Waals surface area contributed by atoms with Gasteiger partial charge in [-0.25, -0.2) is 9.48 Å². The number of carbonyl (C=O) groups is 1. The molecule has 33 heavy (non-hydrogen) atoms. The smallest absolute Gasteiger partial charge is 0.329 e. The van der Waals surface area contributed by atoms with Crippen molar-refractivity contribution in [3.63, 3.8) is 0 Å². The van der Waals surface area contributed by atoms with E-state index in [1.165, 1.54) is 0 Å². The molecule has 6 nitrogen and oxygen atoms in total. The van der Waals surface area contributed by atoms with Crippen molar-refractivity contribution in [1.82, 2.24) is 9.78 Å². The van der Waals surface area contributed by atoms with Crippen molar-refractivity contribution in [2.45, 2.75) is 32.2 Å². The van der Waals surface area contributed by atoms with Crippen molar-refractivity contribution < 1.29 is 14.6 Å². The van der Waals surface area contributed by atoms with Gasteiger partial charge in [0, 0.05) is 28.8 Å². The van der Waals surface area contributed by atoms with Crippen LogP contribution in [0.3, 0.4) is 0 Å². The summed E-state index contributed by atoms with van der Waals surface area (Å²) in [6, 6.07) is 19.0. The Bertz CT molecular complexity index is 1140. The number of benzene rings is 2. The molecule has 0 aliphatic heterocycles. The molecule has 0 saturated heterocycles. The molecule has 0 radical (unpaired) electrons. The molecular weight excluding hydrogens is 440 g/mol. The fraction of sp³-hybridized carbons (Fsp3) is 0.346. The summed E-state index contributed by atoms with van der Waals surface area (Å²) >= 11 is 6.06. The fourth-order valence-electron chi connectivity index (χ4n) is 4.42. The molecule has 0 spiro atoms. The molecule has 1 saturated carbocycles. The normalized spacial score (nSPS) is 18.2. The second-order valence-corrected chi connectivity index (χ2v) is 9.03. The van der Waals surface area contributed by atoms with Crippen LogP contribution in [0.15, 0.2) is 65.5 Å². The molecular formula is C26H27ClN2O4. The Balaban J connectivity index is 1.53. The number of halogens is 1. The van der Waals surface area contributed by atoms with E-state index in [1.807, 2.05) is 54.6 Å². The maximum absolute atomic E-state index is 13.0. The lowest BCUT2D eigenvalue weighted by atomic mass is 9.82. The first kappa shape index (κ1) is 23.2. The maximum Gasteiger partial charge on any atom is 0.329 e. The van der Waals surface area contributed by atoms with E-state index in [0.717, 1.165) is 48.1 Å². The number of hydrogen-bond donors (Lipinski definition) is 1. The number of ether oxygens (including phenoxy) is 1. The predicted octanol–water partition coefficient (Wildman–Crippen LogP) is 5.14. The highest BCUT2D eigenvalue weighted by Crippen LogP contribution is 2.32. The zero-order valence-corrected chi connectivity index (χ0v) is 19.1. The monoisotopic (exact) mass is 466 g/mol. The zero-order valence-electron chi connectivity index (χ0n) is 18.3. The molecule has 7 heteroatoms. The van der Waals surface area contributed by atoms with Crippen LogP contribution in [-0.2, 0) is 16.1 Å². The highest BCUT2D eigenvalue weighted by atomic mass is 35.5. The summed E-state index contributed by atoms with van der Waals surface area (Å²) in [5.74, 6) is -0.209. The van der Waals surface area contributed by atoms with Crippen LogP contribution in [0, 0.1) is 11.8 Å². The molecule has 0 unspecified atom stereocenters. The van der Waals surface area contributed by atoms with Gasteiger partial charge < -0.3 is 9.84 Å². The van der Waals surface area contributed by atoms with Gasteiger partial charge in [-0.1, -0.05) is 54.1 Å². The third kappa shape index (κ3) is 6.09. The Kier molecular flexibility index (Phi) is 7.57. The van der Waals surface area contributed by atoms with Crippen molar-refractivity contribution in [2.75, 3.05) is 13.2 Å². The number of aliphatic carboxylic acids is 1. The minimum Gasteiger partial charge on any atom is -0.480 e. The quantitative estimate of drug-likeness (QED) is 0.497. The average molecular weight is 467 g/mol. The van der Waals surface area contributed by atoms with Gasteiger partial charge >= 0.3 is 5.97 Å². The highest BCUT2D eigenvalue weighted by molar-refractivity contribution is 6.30. The van der Waals surface area contributed by atoms with E-state index in [2.05, 4.69) is 0 Å². The van der Waals surface area contributed by atoms with Gasteiger partial charge in [0.2, 0.25) is 0 Å². The number of hydrogen-bond acceptors (Lipinski definition) is 4. The Morgan fingerprint density at radius 3 is 2.33 bits per heavy atom. The summed E-state index contributed by atoms with van der Waals surface area (Å²) in [7, 11) is 0. The minimum atomic E-state index is -0.939. The molecule has 1 fully saturated rings. The number of nitrogens with zero attached hydrogens (tertiary/aromatic N) is 2. The molecule has 0 atom stereocenters. The van der Waals surface area contributed by atoms with E-state index in [9.17, 15) is 9.59 Å². The van der Waals surface area contributed by atoms with Crippen LogP contribution in [0.5, 0.6) is 0 Å². The first-order chi connectivity index (χ1) is 16.0. The van der Waals surface area contributed by atoms with Crippen molar-refractivity contribution >= 4 is 17.6 Å². The number of carboxylic acid groups (broad SMARTS) is 1. The van der Waals surface area contributed by atoms with Crippen LogP contribution >= 0.6 is 11.6 Å². The molecule has 4 rings (SSSR count). The van der Waals surface area contributed by atoms with Gasteiger partial charge in [-0.3, -0.25) is 4.79 Å². The SMILES string of the molecule is O=C(O)COC[C@H]1CC[C@@H](Cn2nc(-c3ccccc3)c(-c3ccc(Cl)cc3)cc2=O)CC1. The number of carboxylic acids is 1. The molecule has 0 bridgehead atoms. The van der Waals surface area contributed by atoms with Gasteiger partial charge in [0.25, 0.3) is 5.56 Å². The largest absolute Gasteiger partial charge is 0.480 e. The van der Waals surface area contributed by atoms with Crippen LogP contribution < -0.4 is 5.56 Å². The van der Waals surface area contributed by atoms with Gasteiger partial charge in [0.15, 0.2) is 0 Å². The second-order valence-electron chi connectivity index (χ2n) is 8.60. The summed E-state index contributed by atoms with van der Waals surface area (Å²) in [5, 5.41) is 14.2. The van der Waals surface area contributed by atoms with Gasteiger partial charge in [-0.15, -0.1) is 0 Å². The van der Waals surface area contributed by atoms with Crippen molar-refractivity contribution in [1.29, 1.82) is 0 Å². The summed E-state index contributed by atoms with van der Waals surface area (Å²) in [4.78, 5) is 23.6. The van der Waals surface area contributed by atoms with E-state index in [0.29, 0.717) is 30.0 Å². The molecule has 1 aliphatic rings. The first-order valence-electron chi connectivity index (χ1n) is 11.2. The zero-order chi connectivity index (χ0) is 23.2. The lowest BCUT2D eigenvalue weighted by molar-refractivity contribution is -0.142. The summed E-state index contributed by atoms with van der Waals surface area (Å²) in [6.07, 6.45) is 3.87. The van der Waals surface area contributed by atoms with Crippen LogP contribution in [0.25, 0.3) is 22.4 Å². The third-order valence-corrected chi connectivity index (χ3v) is 6.43. The standard InChI is InChI=1S/C26H27ClN2O4/c27-22-12-10-20(11-13-22)23-14-24(30)29(28-26(23)21-4-2-1-3-5-21)15-18-6-8-19(9-7-18)16-33-17-25(31)32/h1-5,10-14,18-19H,6-9,15-17H2,(H,31,32)/t18-,19+. The van der Waals surface area contributed by atoms with Crippen LogP contribution in [0.1, 0.15) is 25.7 Å². The lowest BCUT2D eigenvalue weighted by Crippen LogP contribution is -2.29. The van der Waals surface area contributed by atoms with Gasteiger partial charge in [-0.2, -0.15) is 5.10 Å². The van der Waals surface area contributed by atoms with Crippen LogP contribution in [0.4, 0.5) is 0 Å². The van der Waals surface area contributed by atoms with E-state index >= 15 is 0 Å². The van der Waals surface area contributed by atoms with Crippen molar-refractivity contribution in [3.05, 3.63) is 76.0 Å². The molecule has 1 aliphatic carbocycles. The Morgan fingerprint density at radius 2 is 1.67 bits per heavy atom. The highest BCUT2D eigenvalue weighted by Gasteiger charge is 2.23. The molecule has 1 N–H and O–H groups in total. The van der Waals surface area contributed by atoms with E-state index in [4.69, 9.17) is 26.5 Å². The minimum absolute atomic E-state index is 0.119. The Morgan fingerprint density at radius 1 is 1.00 bits per heavy atom. The summed E-state index contributed by atoms with van der Waals surface area (Å²) in [6.45, 7) is 0.800. The maximum atomic E-state index is 13.0. The van der Waals surface area contributed by atoms with Crippen molar-refractivity contribution in [2.24, 2.45) is 11.8 Å². The van der Waals surface area contributed by atoms with Crippen molar-refractivity contribution in [3.8, 4) is 22.4 Å². The molecule has 3 aromatic rings. The van der Waals surface area contributed by atoms with Gasteiger partial charge in [0.1, 0.15) is 6.61 Å². The summed E-state index contributed by atoms with van der Waals surface area (Å²) < 4.78 is 6.85. The molecule has 0 amide bonds. The first-order valence-corrected chi connectivity index (χ1v) is 11.6. The molecule has 1 aromatic heterocycles. The Labute approximate surface area is 197 Å². The second kappa shape index (κ2) is 10.8. The van der Waals surface area contributed by atoms with Gasteiger partial charge in [-0.05, 0) is 55.2 Å².